The number of hydrogen-bond acceptors (Lipinski definition) is 3. The molecule has 1 atom stereocenters. The van der Waals surface area contributed by atoms with E-state index in [-0.39, 0.29) is 12.1 Å². The van der Waals surface area contributed by atoms with Crippen LogP contribution in [0, 0.1) is 0 Å². The van der Waals surface area contributed by atoms with Crippen molar-refractivity contribution in [2.24, 2.45) is 0 Å². The van der Waals surface area contributed by atoms with E-state index in [0.29, 0.717) is 6.61 Å². The van der Waals surface area contributed by atoms with Crippen LogP contribution in [0.25, 0.3) is 0 Å². The maximum Gasteiger partial charge on any atom is 0.334 e. The Morgan fingerprint density at radius 3 is 2.91 bits per heavy atom. The summed E-state index contributed by atoms with van der Waals surface area (Å²) in [6.45, 7) is 4.60. The maximum absolute atomic E-state index is 11.0. The lowest BCUT2D eigenvalue weighted by molar-refractivity contribution is -0.157. The highest BCUT2D eigenvalue weighted by molar-refractivity contribution is 6.48. The Balaban J connectivity index is 2.36. The van der Waals surface area contributed by atoms with E-state index in [1.54, 1.807) is 0 Å². The van der Waals surface area contributed by atoms with Crippen LogP contribution in [0.3, 0.4) is 0 Å². The average molecular weight is 173 g/mol. The zero-order valence-electron chi connectivity index (χ0n) is 6.92. The summed E-state index contributed by atoms with van der Waals surface area (Å²) in [5, 5.41) is 0. The van der Waals surface area contributed by atoms with Crippen molar-refractivity contribution >= 4 is 15.0 Å². The van der Waals surface area contributed by atoms with Crippen molar-refractivity contribution in [2.45, 2.75) is 32.0 Å². The quantitative estimate of drug-likeness (QED) is 0.461. The molecule has 1 saturated heterocycles. The fourth-order valence-corrected chi connectivity index (χ4v) is 1.83. The van der Waals surface area contributed by atoms with Gasteiger partial charge in [0.05, 0.1) is 6.61 Å². The number of carbonyl (C=O) groups excluding carboxylic acids is 1. The van der Waals surface area contributed by atoms with Gasteiger partial charge in [0.25, 0.3) is 0 Å². The van der Waals surface area contributed by atoms with E-state index < -0.39 is 9.04 Å². The molecule has 1 radical (unpaired) electrons. The lowest BCUT2D eigenvalue weighted by Gasteiger charge is -2.22. The van der Waals surface area contributed by atoms with Crippen LogP contribution in [0.1, 0.15) is 12.8 Å². The van der Waals surface area contributed by atoms with Crippen LogP contribution < -0.4 is 0 Å². The molecule has 1 rings (SSSR count). The summed E-state index contributed by atoms with van der Waals surface area (Å²) in [7, 11) is -0.767. The number of ether oxygens (including phenoxy) is 1. The van der Waals surface area contributed by atoms with Crippen molar-refractivity contribution in [1.29, 1.82) is 0 Å². The van der Waals surface area contributed by atoms with Crippen LogP contribution in [0.15, 0.2) is 0 Å². The van der Waals surface area contributed by atoms with Crippen molar-refractivity contribution < 1.29 is 14.0 Å². The molecule has 4 heteroatoms. The molecule has 0 aliphatic carbocycles. The minimum atomic E-state index is -0.767. The van der Waals surface area contributed by atoms with E-state index in [9.17, 15) is 4.79 Å². The van der Waals surface area contributed by atoms with Crippen LogP contribution in [0.5, 0.6) is 0 Å². The van der Waals surface area contributed by atoms with E-state index in [0.717, 1.165) is 12.8 Å². The molecule has 1 aliphatic rings. The summed E-state index contributed by atoms with van der Waals surface area (Å²) in [5.74, 6) is -0.178. The molecule has 3 nitrogen and oxygen atoms in total. The van der Waals surface area contributed by atoms with Crippen LogP contribution >= 0.6 is 0 Å². The van der Waals surface area contributed by atoms with Gasteiger partial charge in [-0.3, -0.25) is 0 Å². The standard InChI is InChI=1S/C7H13O3Si/c1-11(2)10-6-4-3-5-9-7(6)8/h6H,3-5H2,1-2H3. The second-order valence-electron chi connectivity index (χ2n) is 2.82. The summed E-state index contributed by atoms with van der Waals surface area (Å²) in [5.41, 5.74) is 0. The second kappa shape index (κ2) is 3.87. The van der Waals surface area contributed by atoms with Crippen LogP contribution in [-0.4, -0.2) is 27.7 Å². The molecule has 1 heterocycles. The average Bonchev–Trinajstić information content (AvgIpc) is 1.93. The molecule has 0 N–H and O–H groups in total. The van der Waals surface area contributed by atoms with Gasteiger partial charge in [0, 0.05) is 0 Å². The molecule has 11 heavy (non-hydrogen) atoms. The zero-order valence-corrected chi connectivity index (χ0v) is 7.92. The molecule has 0 aromatic rings. The van der Waals surface area contributed by atoms with Crippen molar-refractivity contribution in [3.8, 4) is 0 Å². The largest absolute Gasteiger partial charge is 0.464 e. The van der Waals surface area contributed by atoms with Gasteiger partial charge in [-0.1, -0.05) is 0 Å². The van der Waals surface area contributed by atoms with Gasteiger partial charge in [-0.25, -0.2) is 4.79 Å². The van der Waals surface area contributed by atoms with Gasteiger partial charge < -0.3 is 9.16 Å². The van der Waals surface area contributed by atoms with Crippen LogP contribution in [-0.2, 0) is 14.0 Å². The molecule has 63 valence electrons. The number of carbonyl (C=O) groups is 1. The first kappa shape index (κ1) is 8.74. The number of rotatable bonds is 2. The number of esters is 1. The number of cyclic esters (lactones) is 1. The van der Waals surface area contributed by atoms with E-state index in [2.05, 4.69) is 0 Å². The monoisotopic (exact) mass is 173 g/mol. The summed E-state index contributed by atoms with van der Waals surface area (Å²) in [4.78, 5) is 11.0. The van der Waals surface area contributed by atoms with Crippen molar-refractivity contribution in [2.75, 3.05) is 6.61 Å². The lowest BCUT2D eigenvalue weighted by Crippen LogP contribution is -2.34. The predicted octanol–water partition coefficient (Wildman–Crippen LogP) is 0.960. The van der Waals surface area contributed by atoms with E-state index in [1.807, 2.05) is 13.1 Å². The highest BCUT2D eigenvalue weighted by Gasteiger charge is 2.25. The minimum Gasteiger partial charge on any atom is -0.464 e. The molecule has 0 saturated carbocycles. The Bertz CT molecular complexity index is 147. The van der Waals surface area contributed by atoms with Crippen LogP contribution in [0.2, 0.25) is 13.1 Å². The Morgan fingerprint density at radius 1 is 1.64 bits per heavy atom. The first-order valence-corrected chi connectivity index (χ1v) is 6.24. The highest BCUT2D eigenvalue weighted by atomic mass is 28.3. The summed E-state index contributed by atoms with van der Waals surface area (Å²) < 4.78 is 10.3. The van der Waals surface area contributed by atoms with Crippen LogP contribution in [0.4, 0.5) is 0 Å². The third-order valence-corrected chi connectivity index (χ3v) is 2.25. The van der Waals surface area contributed by atoms with Gasteiger partial charge in [-0.05, 0) is 25.9 Å². The molecule has 0 amide bonds. The van der Waals surface area contributed by atoms with Gasteiger partial charge in [-0.15, -0.1) is 0 Å². The third-order valence-electron chi connectivity index (χ3n) is 1.50. The van der Waals surface area contributed by atoms with Gasteiger partial charge in [-0.2, -0.15) is 0 Å². The molecule has 0 aromatic carbocycles. The molecule has 0 bridgehead atoms. The SMILES string of the molecule is C[Si](C)OC1CCCOC1=O. The van der Waals surface area contributed by atoms with Crippen molar-refractivity contribution in [1.82, 2.24) is 0 Å². The fourth-order valence-electron chi connectivity index (χ4n) is 1.04. The molecule has 0 spiro atoms. The molecular weight excluding hydrogens is 160 g/mol. The highest BCUT2D eigenvalue weighted by Crippen LogP contribution is 2.12. The Labute approximate surface area is 68.4 Å². The molecule has 1 unspecified atom stereocenters. The topological polar surface area (TPSA) is 35.5 Å². The van der Waals surface area contributed by atoms with E-state index >= 15 is 0 Å². The molecule has 0 aromatic heterocycles. The lowest BCUT2D eigenvalue weighted by atomic mass is 10.2. The van der Waals surface area contributed by atoms with Crippen molar-refractivity contribution in [3.63, 3.8) is 0 Å². The fraction of sp³-hybridized carbons (Fsp3) is 0.857. The maximum atomic E-state index is 11.0. The minimum absolute atomic E-state index is 0.178. The first-order valence-electron chi connectivity index (χ1n) is 3.83. The van der Waals surface area contributed by atoms with Gasteiger partial charge in [0.2, 0.25) is 9.04 Å². The smallest absolute Gasteiger partial charge is 0.334 e. The predicted molar refractivity (Wildman–Crippen MR) is 42.5 cm³/mol. The zero-order chi connectivity index (χ0) is 8.27. The van der Waals surface area contributed by atoms with Gasteiger partial charge in [0.1, 0.15) is 6.10 Å². The van der Waals surface area contributed by atoms with E-state index in [4.69, 9.17) is 9.16 Å². The Morgan fingerprint density at radius 2 is 2.36 bits per heavy atom. The summed E-state index contributed by atoms with van der Waals surface area (Å²) in [6, 6.07) is 0. The molecule has 1 fully saturated rings. The normalized spacial score (nSPS) is 25.4. The van der Waals surface area contributed by atoms with Gasteiger partial charge >= 0.3 is 5.97 Å². The summed E-state index contributed by atoms with van der Waals surface area (Å²) >= 11 is 0. The Hall–Kier alpha value is -0.353. The van der Waals surface area contributed by atoms with E-state index in [1.165, 1.54) is 0 Å². The number of hydrogen-bond donors (Lipinski definition) is 0. The molecular formula is C7H13O3Si. The molecule has 1 aliphatic heterocycles. The third kappa shape index (κ3) is 2.63. The first-order chi connectivity index (χ1) is 5.20. The second-order valence-corrected chi connectivity index (χ2v) is 4.88. The Kier molecular flexibility index (Phi) is 3.08. The summed E-state index contributed by atoms with van der Waals surface area (Å²) in [6.07, 6.45) is 1.49. The van der Waals surface area contributed by atoms with Crippen molar-refractivity contribution in [3.05, 3.63) is 0 Å². The van der Waals surface area contributed by atoms with Gasteiger partial charge in [0.15, 0.2) is 0 Å².